The molecule has 2 aromatic heterocycles. The number of carbonyl (C=O) groups is 1. The lowest BCUT2D eigenvalue weighted by Crippen LogP contribution is -1.88. The zero-order valence-electron chi connectivity index (χ0n) is 12.6. The predicted octanol–water partition coefficient (Wildman–Crippen LogP) is 4.33. The maximum atomic E-state index is 11.3. The van der Waals surface area contributed by atoms with Gasteiger partial charge in [-0.05, 0) is 36.4 Å². The molecule has 4 rings (SSSR count). The SMILES string of the molecule is Cn1cc(C=O)c2c(Oc3ccc4ncccc4c3)cccc21. The minimum absolute atomic E-state index is 0.626. The number of benzene rings is 2. The molecule has 0 unspecified atom stereocenters. The molecular formula is C19H14N2O2. The summed E-state index contributed by atoms with van der Waals surface area (Å²) in [6.45, 7) is 0. The second-order valence-corrected chi connectivity index (χ2v) is 5.42. The van der Waals surface area contributed by atoms with Gasteiger partial charge in [0.1, 0.15) is 11.5 Å². The summed E-state index contributed by atoms with van der Waals surface area (Å²) in [4.78, 5) is 15.6. The van der Waals surface area contributed by atoms with E-state index in [-0.39, 0.29) is 0 Å². The molecule has 0 fully saturated rings. The monoisotopic (exact) mass is 302 g/mol. The minimum Gasteiger partial charge on any atom is -0.457 e. The number of aldehydes is 1. The summed E-state index contributed by atoms with van der Waals surface area (Å²) in [5.41, 5.74) is 2.51. The topological polar surface area (TPSA) is 44.1 Å². The van der Waals surface area contributed by atoms with E-state index >= 15 is 0 Å². The fourth-order valence-corrected chi connectivity index (χ4v) is 2.86. The summed E-state index contributed by atoms with van der Waals surface area (Å²) >= 11 is 0. The van der Waals surface area contributed by atoms with Crippen molar-refractivity contribution >= 4 is 28.1 Å². The maximum absolute atomic E-state index is 11.3. The number of aryl methyl sites for hydroxylation is 1. The second-order valence-electron chi connectivity index (χ2n) is 5.42. The van der Waals surface area contributed by atoms with Crippen molar-refractivity contribution in [3.63, 3.8) is 0 Å². The van der Waals surface area contributed by atoms with Gasteiger partial charge in [-0.2, -0.15) is 0 Å². The zero-order chi connectivity index (χ0) is 15.8. The Morgan fingerprint density at radius 2 is 2.04 bits per heavy atom. The van der Waals surface area contributed by atoms with Crippen molar-refractivity contribution in [3.05, 3.63) is 66.5 Å². The van der Waals surface area contributed by atoms with Gasteiger partial charge in [0.2, 0.25) is 0 Å². The molecule has 4 heteroatoms. The molecule has 4 aromatic rings. The summed E-state index contributed by atoms with van der Waals surface area (Å²) in [6.07, 6.45) is 4.44. The van der Waals surface area contributed by atoms with Crippen LogP contribution in [0.5, 0.6) is 11.5 Å². The number of fused-ring (bicyclic) bond motifs is 2. The molecule has 112 valence electrons. The van der Waals surface area contributed by atoms with E-state index in [1.807, 2.05) is 66.3 Å². The highest BCUT2D eigenvalue weighted by Crippen LogP contribution is 2.33. The highest BCUT2D eigenvalue weighted by atomic mass is 16.5. The van der Waals surface area contributed by atoms with Crippen molar-refractivity contribution in [2.45, 2.75) is 0 Å². The highest BCUT2D eigenvalue weighted by Gasteiger charge is 2.12. The summed E-state index contributed by atoms with van der Waals surface area (Å²) < 4.78 is 7.98. The number of nitrogens with zero attached hydrogens (tertiary/aromatic N) is 2. The van der Waals surface area contributed by atoms with E-state index in [0.717, 1.165) is 33.8 Å². The van der Waals surface area contributed by atoms with Crippen molar-refractivity contribution in [2.75, 3.05) is 0 Å². The van der Waals surface area contributed by atoms with Crippen LogP contribution in [-0.4, -0.2) is 15.8 Å². The summed E-state index contributed by atoms with van der Waals surface area (Å²) in [5.74, 6) is 1.40. The molecule has 23 heavy (non-hydrogen) atoms. The lowest BCUT2D eigenvalue weighted by atomic mass is 10.1. The van der Waals surface area contributed by atoms with E-state index in [9.17, 15) is 4.79 Å². The fourth-order valence-electron chi connectivity index (χ4n) is 2.86. The predicted molar refractivity (Wildman–Crippen MR) is 90.1 cm³/mol. The van der Waals surface area contributed by atoms with Crippen molar-refractivity contribution in [1.29, 1.82) is 0 Å². The molecule has 0 saturated carbocycles. The smallest absolute Gasteiger partial charge is 0.152 e. The minimum atomic E-state index is 0.626. The Hall–Kier alpha value is -3.14. The van der Waals surface area contributed by atoms with Crippen LogP contribution in [0.15, 0.2) is 60.9 Å². The van der Waals surface area contributed by atoms with E-state index in [4.69, 9.17) is 4.74 Å². The van der Waals surface area contributed by atoms with E-state index in [1.165, 1.54) is 0 Å². The zero-order valence-corrected chi connectivity index (χ0v) is 12.6. The Bertz CT molecular complexity index is 1030. The van der Waals surface area contributed by atoms with Crippen LogP contribution in [0.1, 0.15) is 10.4 Å². The first-order chi connectivity index (χ1) is 11.3. The average molecular weight is 302 g/mol. The number of hydrogen-bond donors (Lipinski definition) is 0. The van der Waals surface area contributed by atoms with E-state index < -0.39 is 0 Å². The molecule has 0 amide bonds. The van der Waals surface area contributed by atoms with Gasteiger partial charge in [-0.15, -0.1) is 0 Å². The Balaban J connectivity index is 1.84. The van der Waals surface area contributed by atoms with Crippen molar-refractivity contribution in [3.8, 4) is 11.5 Å². The normalized spacial score (nSPS) is 11.0. The van der Waals surface area contributed by atoms with Crippen LogP contribution in [0.3, 0.4) is 0 Å². The Morgan fingerprint density at radius 1 is 1.13 bits per heavy atom. The molecule has 0 bridgehead atoms. The molecule has 0 radical (unpaired) electrons. The van der Waals surface area contributed by atoms with Gasteiger partial charge in [-0.1, -0.05) is 12.1 Å². The third-order valence-corrected chi connectivity index (χ3v) is 3.93. The van der Waals surface area contributed by atoms with Gasteiger partial charge < -0.3 is 9.30 Å². The van der Waals surface area contributed by atoms with Crippen LogP contribution in [-0.2, 0) is 7.05 Å². The van der Waals surface area contributed by atoms with Gasteiger partial charge in [0.15, 0.2) is 6.29 Å². The third-order valence-electron chi connectivity index (χ3n) is 3.93. The van der Waals surface area contributed by atoms with Crippen LogP contribution >= 0.6 is 0 Å². The molecule has 4 nitrogen and oxygen atoms in total. The van der Waals surface area contributed by atoms with Crippen molar-refractivity contribution in [2.24, 2.45) is 7.05 Å². The van der Waals surface area contributed by atoms with Crippen molar-refractivity contribution < 1.29 is 9.53 Å². The molecule has 0 aliphatic heterocycles. The summed E-state index contributed by atoms with van der Waals surface area (Å²) in [5, 5.41) is 1.84. The number of hydrogen-bond acceptors (Lipinski definition) is 3. The molecule has 2 aromatic carbocycles. The number of carbonyl (C=O) groups excluding carboxylic acids is 1. The van der Waals surface area contributed by atoms with Crippen molar-refractivity contribution in [1.82, 2.24) is 9.55 Å². The molecule has 2 heterocycles. The second kappa shape index (κ2) is 5.25. The van der Waals surface area contributed by atoms with Crippen LogP contribution in [0.2, 0.25) is 0 Å². The maximum Gasteiger partial charge on any atom is 0.152 e. The lowest BCUT2D eigenvalue weighted by Gasteiger charge is -2.09. The third kappa shape index (κ3) is 2.25. The summed E-state index contributed by atoms with van der Waals surface area (Å²) in [6, 6.07) is 15.4. The number of aromatic nitrogens is 2. The first-order valence-electron chi connectivity index (χ1n) is 7.32. The first-order valence-corrected chi connectivity index (χ1v) is 7.32. The van der Waals surface area contributed by atoms with Gasteiger partial charge in [0.25, 0.3) is 0 Å². The van der Waals surface area contributed by atoms with Crippen LogP contribution in [0, 0.1) is 0 Å². The number of rotatable bonds is 3. The van der Waals surface area contributed by atoms with Crippen LogP contribution in [0.4, 0.5) is 0 Å². The van der Waals surface area contributed by atoms with Gasteiger partial charge in [0.05, 0.1) is 16.4 Å². The van der Waals surface area contributed by atoms with Crippen LogP contribution < -0.4 is 4.74 Å². The van der Waals surface area contributed by atoms with E-state index in [1.54, 1.807) is 6.20 Å². The lowest BCUT2D eigenvalue weighted by molar-refractivity contribution is 0.112. The van der Waals surface area contributed by atoms with Gasteiger partial charge in [-0.3, -0.25) is 9.78 Å². The van der Waals surface area contributed by atoms with Gasteiger partial charge in [0, 0.05) is 30.4 Å². The van der Waals surface area contributed by atoms with E-state index in [2.05, 4.69) is 4.98 Å². The average Bonchev–Trinajstić information content (AvgIpc) is 2.92. The van der Waals surface area contributed by atoms with Gasteiger partial charge in [-0.25, -0.2) is 0 Å². The molecule has 0 spiro atoms. The molecule has 0 aliphatic rings. The molecule has 0 aliphatic carbocycles. The highest BCUT2D eigenvalue weighted by molar-refractivity contribution is 6.01. The van der Waals surface area contributed by atoms with Crippen LogP contribution in [0.25, 0.3) is 21.8 Å². The Morgan fingerprint density at radius 3 is 2.91 bits per heavy atom. The van der Waals surface area contributed by atoms with E-state index in [0.29, 0.717) is 11.3 Å². The standard InChI is InChI=1S/C19H14N2O2/c1-21-11-14(12-22)19-17(21)5-2-6-18(19)23-15-7-8-16-13(10-15)4-3-9-20-16/h2-12H,1H3. The Labute approximate surface area is 132 Å². The number of pyridine rings is 1. The Kier molecular flexibility index (Phi) is 3.08. The molecular weight excluding hydrogens is 288 g/mol. The quantitative estimate of drug-likeness (QED) is 0.529. The van der Waals surface area contributed by atoms with Gasteiger partial charge >= 0.3 is 0 Å². The summed E-state index contributed by atoms with van der Waals surface area (Å²) in [7, 11) is 1.92. The largest absolute Gasteiger partial charge is 0.457 e. The first kappa shape index (κ1) is 13.5. The fraction of sp³-hybridized carbons (Fsp3) is 0.0526. The molecule has 0 saturated heterocycles. The molecule has 0 atom stereocenters. The molecule has 0 N–H and O–H groups in total. The number of ether oxygens (including phenoxy) is 1.